The Kier molecular flexibility index (Phi) is 9.85. The lowest BCUT2D eigenvalue weighted by molar-refractivity contribution is 0.177. The van der Waals surface area contributed by atoms with Gasteiger partial charge < -0.3 is 9.80 Å². The second-order valence-corrected chi connectivity index (χ2v) is 5.45. The van der Waals surface area contributed by atoms with Crippen LogP contribution in [0.2, 0.25) is 0 Å². The molecule has 1 rings (SSSR count). The standard InChI is InChI=1S/C13H28N2.C2H6/c1-12(2)14(4)8-5-9-15-10-6-13(3)7-11-15;1-2/h12-13H,5-11H2,1-4H3;1-2H3. The minimum absolute atomic E-state index is 0.686. The molecule has 2 heteroatoms. The largest absolute Gasteiger partial charge is 0.304 e. The van der Waals surface area contributed by atoms with Crippen LogP contribution < -0.4 is 0 Å². The second-order valence-electron chi connectivity index (χ2n) is 5.45. The maximum absolute atomic E-state index is 2.63. The van der Waals surface area contributed by atoms with E-state index in [0.717, 1.165) is 5.92 Å². The van der Waals surface area contributed by atoms with Gasteiger partial charge in [-0.3, -0.25) is 0 Å². The molecule has 0 saturated carbocycles. The molecule has 17 heavy (non-hydrogen) atoms. The Labute approximate surface area is 109 Å². The van der Waals surface area contributed by atoms with Gasteiger partial charge in [0.1, 0.15) is 0 Å². The summed E-state index contributed by atoms with van der Waals surface area (Å²) in [7, 11) is 2.23. The van der Waals surface area contributed by atoms with Crippen molar-refractivity contribution >= 4 is 0 Å². The van der Waals surface area contributed by atoms with E-state index in [-0.39, 0.29) is 0 Å². The van der Waals surface area contributed by atoms with Crippen molar-refractivity contribution < 1.29 is 0 Å². The number of likely N-dealkylation sites (tertiary alicyclic amines) is 1. The van der Waals surface area contributed by atoms with Gasteiger partial charge in [0.05, 0.1) is 0 Å². The fraction of sp³-hybridized carbons (Fsp3) is 1.00. The lowest BCUT2D eigenvalue weighted by Gasteiger charge is -2.31. The van der Waals surface area contributed by atoms with Gasteiger partial charge in [-0.2, -0.15) is 0 Å². The molecule has 0 aromatic rings. The summed E-state index contributed by atoms with van der Waals surface area (Å²) >= 11 is 0. The highest BCUT2D eigenvalue weighted by Crippen LogP contribution is 2.15. The molecule has 0 aromatic carbocycles. The molecule has 0 unspecified atom stereocenters. The topological polar surface area (TPSA) is 6.48 Å². The Bertz CT molecular complexity index is 160. The summed E-state index contributed by atoms with van der Waals surface area (Å²) in [5.41, 5.74) is 0. The van der Waals surface area contributed by atoms with Crippen molar-refractivity contribution in [3.8, 4) is 0 Å². The first-order valence-corrected chi connectivity index (χ1v) is 7.52. The zero-order chi connectivity index (χ0) is 13.3. The summed E-state index contributed by atoms with van der Waals surface area (Å²) in [4.78, 5) is 5.07. The molecule has 104 valence electrons. The van der Waals surface area contributed by atoms with E-state index < -0.39 is 0 Å². The average molecular weight is 242 g/mol. The van der Waals surface area contributed by atoms with E-state index in [1.165, 1.54) is 45.4 Å². The van der Waals surface area contributed by atoms with Gasteiger partial charge in [-0.05, 0) is 72.3 Å². The van der Waals surface area contributed by atoms with Crippen LogP contribution in [0.5, 0.6) is 0 Å². The first-order chi connectivity index (χ1) is 8.09. The van der Waals surface area contributed by atoms with Gasteiger partial charge in [0, 0.05) is 6.04 Å². The van der Waals surface area contributed by atoms with Crippen LogP contribution >= 0.6 is 0 Å². The van der Waals surface area contributed by atoms with E-state index >= 15 is 0 Å². The van der Waals surface area contributed by atoms with Crippen LogP contribution in [0.25, 0.3) is 0 Å². The van der Waals surface area contributed by atoms with Gasteiger partial charge >= 0.3 is 0 Å². The van der Waals surface area contributed by atoms with Gasteiger partial charge in [0.2, 0.25) is 0 Å². The van der Waals surface area contributed by atoms with Crippen LogP contribution in [-0.2, 0) is 0 Å². The fourth-order valence-corrected chi connectivity index (χ4v) is 2.09. The van der Waals surface area contributed by atoms with Crippen molar-refractivity contribution in [3.63, 3.8) is 0 Å². The smallest absolute Gasteiger partial charge is 0.00355 e. The van der Waals surface area contributed by atoms with Crippen molar-refractivity contribution in [1.29, 1.82) is 0 Å². The van der Waals surface area contributed by atoms with Gasteiger partial charge in [0.25, 0.3) is 0 Å². The summed E-state index contributed by atoms with van der Waals surface area (Å²) in [6.07, 6.45) is 4.13. The quantitative estimate of drug-likeness (QED) is 0.728. The fourth-order valence-electron chi connectivity index (χ4n) is 2.09. The Morgan fingerprint density at radius 1 is 1.18 bits per heavy atom. The van der Waals surface area contributed by atoms with Crippen LogP contribution in [0.15, 0.2) is 0 Å². The van der Waals surface area contributed by atoms with Gasteiger partial charge in [-0.1, -0.05) is 20.8 Å². The molecule has 1 heterocycles. The summed E-state index contributed by atoms with van der Waals surface area (Å²) in [5, 5.41) is 0. The monoisotopic (exact) mass is 242 g/mol. The molecule has 0 aliphatic carbocycles. The molecule has 0 bridgehead atoms. The predicted octanol–water partition coefficient (Wildman–Crippen LogP) is 3.47. The molecule has 1 aliphatic rings. The minimum Gasteiger partial charge on any atom is -0.304 e. The molecule has 0 aromatic heterocycles. The van der Waals surface area contributed by atoms with E-state index in [4.69, 9.17) is 0 Å². The third-order valence-corrected chi connectivity index (χ3v) is 3.74. The molecule has 2 nitrogen and oxygen atoms in total. The highest BCUT2D eigenvalue weighted by atomic mass is 15.1. The Morgan fingerprint density at radius 2 is 1.71 bits per heavy atom. The number of hydrogen-bond acceptors (Lipinski definition) is 2. The van der Waals surface area contributed by atoms with Crippen LogP contribution in [0.3, 0.4) is 0 Å². The van der Waals surface area contributed by atoms with E-state index in [9.17, 15) is 0 Å². The Balaban J connectivity index is 0.00000121. The Hall–Kier alpha value is -0.0800. The first-order valence-electron chi connectivity index (χ1n) is 7.52. The maximum atomic E-state index is 2.63. The SMILES string of the molecule is CC.CC1CCN(CCCN(C)C(C)C)CC1. The molecule has 0 amide bonds. The molecule has 1 fully saturated rings. The van der Waals surface area contributed by atoms with Crippen LogP contribution in [-0.4, -0.2) is 49.1 Å². The summed E-state index contributed by atoms with van der Waals surface area (Å²) in [6.45, 7) is 16.1. The number of rotatable bonds is 5. The van der Waals surface area contributed by atoms with Gasteiger partial charge in [0.15, 0.2) is 0 Å². The molecule has 1 saturated heterocycles. The first kappa shape index (κ1) is 16.9. The van der Waals surface area contributed by atoms with E-state index in [1.54, 1.807) is 0 Å². The lowest BCUT2D eigenvalue weighted by Crippen LogP contribution is -2.36. The van der Waals surface area contributed by atoms with Crippen LogP contribution in [0.1, 0.15) is 53.9 Å². The second kappa shape index (κ2) is 9.90. The highest BCUT2D eigenvalue weighted by Gasteiger charge is 2.15. The molecule has 0 atom stereocenters. The minimum atomic E-state index is 0.686. The molecule has 0 radical (unpaired) electrons. The number of piperidine rings is 1. The van der Waals surface area contributed by atoms with Crippen molar-refractivity contribution in [2.45, 2.75) is 59.9 Å². The number of hydrogen-bond donors (Lipinski definition) is 0. The van der Waals surface area contributed by atoms with E-state index in [0.29, 0.717) is 6.04 Å². The third-order valence-electron chi connectivity index (χ3n) is 3.74. The van der Waals surface area contributed by atoms with Crippen molar-refractivity contribution in [1.82, 2.24) is 9.80 Å². The van der Waals surface area contributed by atoms with Crippen molar-refractivity contribution in [3.05, 3.63) is 0 Å². The third kappa shape index (κ3) is 7.77. The van der Waals surface area contributed by atoms with Crippen LogP contribution in [0.4, 0.5) is 0 Å². The molecule has 0 N–H and O–H groups in total. The van der Waals surface area contributed by atoms with E-state index in [1.807, 2.05) is 13.8 Å². The van der Waals surface area contributed by atoms with Gasteiger partial charge in [-0.25, -0.2) is 0 Å². The maximum Gasteiger partial charge on any atom is 0.00355 e. The predicted molar refractivity (Wildman–Crippen MR) is 78.6 cm³/mol. The van der Waals surface area contributed by atoms with Crippen molar-refractivity contribution in [2.24, 2.45) is 5.92 Å². The molecule has 1 aliphatic heterocycles. The average Bonchev–Trinajstić information content (AvgIpc) is 2.34. The Morgan fingerprint density at radius 3 is 2.18 bits per heavy atom. The zero-order valence-electron chi connectivity index (χ0n) is 13.0. The van der Waals surface area contributed by atoms with E-state index in [2.05, 4.69) is 37.6 Å². The summed E-state index contributed by atoms with van der Waals surface area (Å²) in [6, 6.07) is 0.686. The normalized spacial score (nSPS) is 18.4. The lowest BCUT2D eigenvalue weighted by atomic mass is 9.99. The van der Waals surface area contributed by atoms with Crippen molar-refractivity contribution in [2.75, 3.05) is 33.2 Å². The highest BCUT2D eigenvalue weighted by molar-refractivity contribution is 4.69. The summed E-state index contributed by atoms with van der Waals surface area (Å²) in [5.74, 6) is 0.958. The molecular weight excluding hydrogens is 208 g/mol. The molecular formula is C15H34N2. The zero-order valence-corrected chi connectivity index (χ0v) is 13.0. The van der Waals surface area contributed by atoms with Gasteiger partial charge in [-0.15, -0.1) is 0 Å². The van der Waals surface area contributed by atoms with Crippen LogP contribution in [0, 0.1) is 5.92 Å². The molecule has 0 spiro atoms. The number of nitrogens with zero attached hydrogens (tertiary/aromatic N) is 2. The summed E-state index contributed by atoms with van der Waals surface area (Å²) < 4.78 is 0.